The van der Waals surface area contributed by atoms with Crippen LogP contribution >= 0.6 is 11.3 Å². The smallest absolute Gasteiger partial charge is 0.183 e. The van der Waals surface area contributed by atoms with Crippen LogP contribution in [0.25, 0.3) is 21.7 Å². The summed E-state index contributed by atoms with van der Waals surface area (Å²) in [6, 6.07) is 7.74. The number of epoxide rings is 1. The van der Waals surface area contributed by atoms with Gasteiger partial charge >= 0.3 is 0 Å². The molecular formula is C14H12N2O3S. The van der Waals surface area contributed by atoms with Crippen molar-refractivity contribution in [3.8, 4) is 16.5 Å². The molecule has 1 saturated heterocycles. The summed E-state index contributed by atoms with van der Waals surface area (Å²) in [6.07, 6.45) is 0.238. The molecule has 102 valence electrons. The Labute approximate surface area is 119 Å². The molecule has 0 bridgehead atoms. The van der Waals surface area contributed by atoms with Crippen LogP contribution in [0.1, 0.15) is 5.01 Å². The Morgan fingerprint density at radius 2 is 2.30 bits per heavy atom. The monoisotopic (exact) mass is 288 g/mol. The summed E-state index contributed by atoms with van der Waals surface area (Å²) in [4.78, 5) is 0. The highest BCUT2D eigenvalue weighted by atomic mass is 32.1. The van der Waals surface area contributed by atoms with Crippen molar-refractivity contribution in [2.45, 2.75) is 13.0 Å². The van der Waals surface area contributed by atoms with Gasteiger partial charge in [-0.05, 0) is 25.1 Å². The average molecular weight is 288 g/mol. The standard InChI is InChI=1S/C14H12N2O3S/c1-8-15-16-14(20-8)13-5-10-11(18-7-9-6-17-9)3-2-4-12(10)19-13/h2-5,9H,6-7H2,1H3. The van der Waals surface area contributed by atoms with Gasteiger partial charge in [0.25, 0.3) is 0 Å². The predicted octanol–water partition coefficient (Wildman–Crippen LogP) is 3.04. The first-order valence-corrected chi connectivity index (χ1v) is 7.19. The molecule has 0 amide bonds. The molecule has 3 heterocycles. The SMILES string of the molecule is Cc1nnc(-c2cc3c(OCC4CO4)cccc3o2)s1. The lowest BCUT2D eigenvalue weighted by Crippen LogP contribution is -2.03. The Hall–Kier alpha value is -1.92. The highest BCUT2D eigenvalue weighted by molar-refractivity contribution is 7.14. The normalized spacial score (nSPS) is 17.6. The van der Waals surface area contributed by atoms with Gasteiger partial charge in [-0.2, -0.15) is 0 Å². The van der Waals surface area contributed by atoms with Gasteiger partial charge in [-0.3, -0.25) is 0 Å². The zero-order chi connectivity index (χ0) is 13.5. The van der Waals surface area contributed by atoms with E-state index in [0.29, 0.717) is 6.61 Å². The number of hydrogen-bond acceptors (Lipinski definition) is 6. The lowest BCUT2D eigenvalue weighted by atomic mass is 10.2. The van der Waals surface area contributed by atoms with Crippen LogP contribution in [0.4, 0.5) is 0 Å². The molecule has 2 aromatic heterocycles. The van der Waals surface area contributed by atoms with Gasteiger partial charge in [-0.15, -0.1) is 10.2 Å². The number of benzene rings is 1. The van der Waals surface area contributed by atoms with Crippen molar-refractivity contribution in [2.24, 2.45) is 0 Å². The molecule has 0 saturated carbocycles. The lowest BCUT2D eigenvalue weighted by Gasteiger charge is -2.04. The topological polar surface area (TPSA) is 60.7 Å². The van der Waals surface area contributed by atoms with E-state index in [4.69, 9.17) is 13.9 Å². The molecule has 1 aliphatic heterocycles. The van der Waals surface area contributed by atoms with Gasteiger partial charge in [0, 0.05) is 0 Å². The third kappa shape index (κ3) is 2.17. The van der Waals surface area contributed by atoms with Crippen LogP contribution in [-0.4, -0.2) is 29.5 Å². The minimum absolute atomic E-state index is 0.238. The van der Waals surface area contributed by atoms with E-state index in [0.717, 1.165) is 39.1 Å². The first-order chi connectivity index (χ1) is 9.79. The summed E-state index contributed by atoms with van der Waals surface area (Å²) in [5.41, 5.74) is 0.794. The lowest BCUT2D eigenvalue weighted by molar-refractivity contribution is 0.265. The molecule has 1 fully saturated rings. The Kier molecular flexibility index (Phi) is 2.71. The first kappa shape index (κ1) is 11.9. The minimum atomic E-state index is 0.238. The summed E-state index contributed by atoms with van der Waals surface area (Å²) in [7, 11) is 0. The molecule has 1 unspecified atom stereocenters. The van der Waals surface area contributed by atoms with E-state index in [2.05, 4.69) is 10.2 Å². The first-order valence-electron chi connectivity index (χ1n) is 6.37. The second-order valence-electron chi connectivity index (χ2n) is 4.67. The molecule has 0 N–H and O–H groups in total. The molecule has 0 radical (unpaired) electrons. The van der Waals surface area contributed by atoms with Crippen molar-refractivity contribution < 1.29 is 13.9 Å². The number of ether oxygens (including phenoxy) is 2. The van der Waals surface area contributed by atoms with E-state index in [1.165, 1.54) is 11.3 Å². The van der Waals surface area contributed by atoms with Crippen molar-refractivity contribution in [2.75, 3.05) is 13.2 Å². The number of aromatic nitrogens is 2. The molecule has 1 aliphatic rings. The highest BCUT2D eigenvalue weighted by Gasteiger charge is 2.23. The predicted molar refractivity (Wildman–Crippen MR) is 75.1 cm³/mol. The Morgan fingerprint density at radius 1 is 1.40 bits per heavy atom. The van der Waals surface area contributed by atoms with Gasteiger partial charge in [-0.25, -0.2) is 0 Å². The number of nitrogens with zero attached hydrogens (tertiary/aromatic N) is 2. The molecule has 3 aromatic rings. The van der Waals surface area contributed by atoms with Gasteiger partial charge < -0.3 is 13.9 Å². The molecule has 20 heavy (non-hydrogen) atoms. The molecule has 6 heteroatoms. The van der Waals surface area contributed by atoms with Crippen LogP contribution in [0.15, 0.2) is 28.7 Å². The fraction of sp³-hybridized carbons (Fsp3) is 0.286. The average Bonchev–Trinajstić information content (AvgIpc) is 3.00. The Balaban J connectivity index is 1.72. The zero-order valence-corrected chi connectivity index (χ0v) is 11.6. The summed E-state index contributed by atoms with van der Waals surface area (Å²) in [5, 5.41) is 10.8. The third-order valence-electron chi connectivity index (χ3n) is 3.09. The van der Waals surface area contributed by atoms with Crippen molar-refractivity contribution >= 4 is 22.3 Å². The maximum absolute atomic E-state index is 5.83. The van der Waals surface area contributed by atoms with Crippen LogP contribution in [0.3, 0.4) is 0 Å². The van der Waals surface area contributed by atoms with Crippen LogP contribution in [0.2, 0.25) is 0 Å². The van der Waals surface area contributed by atoms with Crippen LogP contribution < -0.4 is 4.74 Å². The quantitative estimate of drug-likeness (QED) is 0.691. The van der Waals surface area contributed by atoms with Crippen molar-refractivity contribution in [1.82, 2.24) is 10.2 Å². The highest BCUT2D eigenvalue weighted by Crippen LogP contribution is 2.34. The van der Waals surface area contributed by atoms with E-state index >= 15 is 0 Å². The van der Waals surface area contributed by atoms with E-state index in [1.807, 2.05) is 31.2 Å². The second kappa shape index (κ2) is 4.57. The van der Waals surface area contributed by atoms with E-state index in [-0.39, 0.29) is 6.10 Å². The summed E-state index contributed by atoms with van der Waals surface area (Å²) >= 11 is 1.51. The number of fused-ring (bicyclic) bond motifs is 1. The molecular weight excluding hydrogens is 276 g/mol. The van der Waals surface area contributed by atoms with E-state index in [9.17, 15) is 0 Å². The maximum Gasteiger partial charge on any atom is 0.183 e. The largest absolute Gasteiger partial charge is 0.490 e. The molecule has 1 aromatic carbocycles. The summed E-state index contributed by atoms with van der Waals surface area (Å²) < 4.78 is 16.8. The number of hydrogen-bond donors (Lipinski definition) is 0. The number of furan rings is 1. The van der Waals surface area contributed by atoms with Gasteiger partial charge in [0.1, 0.15) is 29.1 Å². The summed E-state index contributed by atoms with van der Waals surface area (Å²) in [5.74, 6) is 1.54. The molecule has 0 aliphatic carbocycles. The van der Waals surface area contributed by atoms with Crippen molar-refractivity contribution in [3.63, 3.8) is 0 Å². The Bertz CT molecular complexity index is 761. The van der Waals surface area contributed by atoms with Crippen LogP contribution in [-0.2, 0) is 4.74 Å². The molecule has 5 nitrogen and oxygen atoms in total. The molecule has 0 spiro atoms. The van der Waals surface area contributed by atoms with Crippen molar-refractivity contribution in [1.29, 1.82) is 0 Å². The van der Waals surface area contributed by atoms with Gasteiger partial charge in [0.2, 0.25) is 0 Å². The van der Waals surface area contributed by atoms with Gasteiger partial charge in [0.05, 0.1) is 12.0 Å². The third-order valence-corrected chi connectivity index (χ3v) is 3.94. The van der Waals surface area contributed by atoms with E-state index in [1.54, 1.807) is 0 Å². The second-order valence-corrected chi connectivity index (χ2v) is 5.85. The minimum Gasteiger partial charge on any atom is -0.490 e. The van der Waals surface area contributed by atoms with Crippen LogP contribution in [0.5, 0.6) is 5.75 Å². The molecule has 4 rings (SSSR count). The Morgan fingerprint density at radius 3 is 3.05 bits per heavy atom. The number of aryl methyl sites for hydroxylation is 1. The van der Waals surface area contributed by atoms with Gasteiger partial charge in [-0.1, -0.05) is 17.4 Å². The zero-order valence-electron chi connectivity index (χ0n) is 10.8. The van der Waals surface area contributed by atoms with E-state index < -0.39 is 0 Å². The fourth-order valence-electron chi connectivity index (χ4n) is 2.01. The van der Waals surface area contributed by atoms with Gasteiger partial charge in [0.15, 0.2) is 10.8 Å². The van der Waals surface area contributed by atoms with Crippen LogP contribution in [0, 0.1) is 6.92 Å². The fourth-order valence-corrected chi connectivity index (χ4v) is 2.65. The van der Waals surface area contributed by atoms with Crippen molar-refractivity contribution in [3.05, 3.63) is 29.3 Å². The summed E-state index contributed by atoms with van der Waals surface area (Å²) in [6.45, 7) is 3.29. The molecule has 1 atom stereocenters. The number of rotatable bonds is 4. The maximum atomic E-state index is 5.83.